The van der Waals surface area contributed by atoms with E-state index in [4.69, 9.17) is 28.9 Å². The minimum atomic E-state index is -0.701. The van der Waals surface area contributed by atoms with E-state index >= 15 is 0 Å². The molecule has 1 fully saturated rings. The summed E-state index contributed by atoms with van der Waals surface area (Å²) in [5.41, 5.74) is 5.45. The standard InChI is InChI=1S/C16H20Cl2N2O2/c1-16(2,11-3-4-12(17)13(18)9-11)15(22)20-7-5-10(6-8-20)14(19)21/h3-4,9-10H,5-8H2,1-2H3,(H2,19,21). The van der Waals surface area contributed by atoms with Crippen LogP contribution in [0.25, 0.3) is 0 Å². The van der Waals surface area contributed by atoms with Gasteiger partial charge in [-0.15, -0.1) is 0 Å². The van der Waals surface area contributed by atoms with Crippen molar-refractivity contribution >= 4 is 35.0 Å². The summed E-state index contributed by atoms with van der Waals surface area (Å²) in [5.74, 6) is -0.387. The van der Waals surface area contributed by atoms with Gasteiger partial charge in [-0.1, -0.05) is 29.3 Å². The van der Waals surface area contributed by atoms with Gasteiger partial charge in [0.2, 0.25) is 11.8 Å². The third-order valence-corrected chi connectivity index (χ3v) is 5.10. The molecule has 0 saturated carbocycles. The molecule has 2 amide bonds. The zero-order chi connectivity index (χ0) is 16.5. The summed E-state index contributed by atoms with van der Waals surface area (Å²) in [5, 5.41) is 0.906. The third kappa shape index (κ3) is 3.39. The van der Waals surface area contributed by atoms with Crippen LogP contribution in [0.3, 0.4) is 0 Å². The van der Waals surface area contributed by atoms with E-state index in [1.165, 1.54) is 0 Å². The van der Waals surface area contributed by atoms with Crippen LogP contribution in [0.15, 0.2) is 18.2 Å². The Morgan fingerprint density at radius 3 is 2.27 bits per heavy atom. The topological polar surface area (TPSA) is 63.4 Å². The molecule has 2 N–H and O–H groups in total. The molecule has 2 rings (SSSR count). The van der Waals surface area contributed by atoms with Crippen molar-refractivity contribution in [3.63, 3.8) is 0 Å². The molecule has 6 heteroatoms. The molecule has 0 unspecified atom stereocenters. The second-order valence-corrected chi connectivity index (χ2v) is 7.04. The minimum Gasteiger partial charge on any atom is -0.369 e. The Morgan fingerprint density at radius 1 is 1.18 bits per heavy atom. The number of carbonyl (C=O) groups is 2. The second-order valence-electron chi connectivity index (χ2n) is 6.22. The van der Waals surface area contributed by atoms with Crippen molar-refractivity contribution in [2.24, 2.45) is 11.7 Å². The van der Waals surface area contributed by atoms with Gasteiger partial charge < -0.3 is 10.6 Å². The van der Waals surface area contributed by atoms with E-state index in [0.29, 0.717) is 36.0 Å². The molecule has 1 saturated heterocycles. The van der Waals surface area contributed by atoms with Crippen molar-refractivity contribution in [3.05, 3.63) is 33.8 Å². The van der Waals surface area contributed by atoms with Crippen molar-refractivity contribution in [2.45, 2.75) is 32.1 Å². The molecule has 0 aliphatic carbocycles. The van der Waals surface area contributed by atoms with Gasteiger partial charge in [-0.05, 0) is 44.4 Å². The first-order valence-corrected chi connectivity index (χ1v) is 8.03. The van der Waals surface area contributed by atoms with Crippen LogP contribution in [0.5, 0.6) is 0 Å². The Hall–Kier alpha value is -1.26. The van der Waals surface area contributed by atoms with Gasteiger partial charge in [0, 0.05) is 19.0 Å². The highest BCUT2D eigenvalue weighted by molar-refractivity contribution is 6.42. The Labute approximate surface area is 140 Å². The lowest BCUT2D eigenvalue weighted by Gasteiger charge is -2.36. The van der Waals surface area contributed by atoms with Crippen molar-refractivity contribution in [3.8, 4) is 0 Å². The van der Waals surface area contributed by atoms with E-state index in [0.717, 1.165) is 5.56 Å². The summed E-state index contributed by atoms with van der Waals surface area (Å²) in [6.07, 6.45) is 1.25. The lowest BCUT2D eigenvalue weighted by atomic mass is 9.82. The Morgan fingerprint density at radius 2 is 1.77 bits per heavy atom. The van der Waals surface area contributed by atoms with Gasteiger partial charge in [0.15, 0.2) is 0 Å². The van der Waals surface area contributed by atoms with Gasteiger partial charge in [0.25, 0.3) is 0 Å². The second kappa shape index (κ2) is 6.47. The third-order valence-electron chi connectivity index (χ3n) is 4.36. The van der Waals surface area contributed by atoms with E-state index in [9.17, 15) is 9.59 Å². The predicted octanol–water partition coefficient (Wildman–Crippen LogP) is 2.99. The van der Waals surface area contributed by atoms with Crippen LogP contribution in [-0.4, -0.2) is 29.8 Å². The van der Waals surface area contributed by atoms with Crippen LogP contribution >= 0.6 is 23.2 Å². The van der Waals surface area contributed by atoms with Crippen LogP contribution in [-0.2, 0) is 15.0 Å². The smallest absolute Gasteiger partial charge is 0.232 e. The number of primary amides is 1. The highest BCUT2D eigenvalue weighted by Gasteiger charge is 2.36. The molecule has 22 heavy (non-hydrogen) atoms. The Kier molecular flexibility index (Phi) is 5.03. The average molecular weight is 343 g/mol. The fraction of sp³-hybridized carbons (Fsp3) is 0.500. The number of nitrogens with zero attached hydrogens (tertiary/aromatic N) is 1. The molecule has 4 nitrogen and oxygen atoms in total. The number of likely N-dealkylation sites (tertiary alicyclic amines) is 1. The maximum atomic E-state index is 12.8. The molecule has 1 aromatic carbocycles. The lowest BCUT2D eigenvalue weighted by Crippen LogP contribution is -2.48. The summed E-state index contributed by atoms with van der Waals surface area (Å²) >= 11 is 12.0. The van der Waals surface area contributed by atoms with Crippen molar-refractivity contribution in [1.29, 1.82) is 0 Å². The predicted molar refractivity (Wildman–Crippen MR) is 88.0 cm³/mol. The average Bonchev–Trinajstić information content (AvgIpc) is 2.49. The summed E-state index contributed by atoms with van der Waals surface area (Å²) in [6, 6.07) is 5.26. The van der Waals surface area contributed by atoms with Gasteiger partial charge in [0.05, 0.1) is 15.5 Å². The number of hydrogen-bond donors (Lipinski definition) is 1. The minimum absolute atomic E-state index is 0.0220. The number of amides is 2. The van der Waals surface area contributed by atoms with Crippen molar-refractivity contribution in [1.82, 2.24) is 4.90 Å². The van der Waals surface area contributed by atoms with E-state index in [1.807, 2.05) is 19.9 Å². The molecule has 1 aromatic rings. The largest absolute Gasteiger partial charge is 0.369 e. The van der Waals surface area contributed by atoms with Crippen LogP contribution in [0.2, 0.25) is 10.0 Å². The molecule has 0 atom stereocenters. The van der Waals surface area contributed by atoms with Gasteiger partial charge in [-0.3, -0.25) is 9.59 Å². The first-order valence-electron chi connectivity index (χ1n) is 7.27. The molecule has 1 aliphatic rings. The molecule has 0 aromatic heterocycles. The van der Waals surface area contributed by atoms with Gasteiger partial charge in [-0.2, -0.15) is 0 Å². The van der Waals surface area contributed by atoms with E-state index in [2.05, 4.69) is 0 Å². The first-order chi connectivity index (χ1) is 10.2. The van der Waals surface area contributed by atoms with Gasteiger partial charge >= 0.3 is 0 Å². The highest BCUT2D eigenvalue weighted by atomic mass is 35.5. The molecule has 0 bridgehead atoms. The van der Waals surface area contributed by atoms with E-state index in [1.54, 1.807) is 17.0 Å². The summed E-state index contributed by atoms with van der Waals surface area (Å²) in [7, 11) is 0. The molecule has 0 spiro atoms. The number of hydrogen-bond acceptors (Lipinski definition) is 2. The van der Waals surface area contributed by atoms with E-state index < -0.39 is 5.41 Å². The number of piperidine rings is 1. The van der Waals surface area contributed by atoms with Gasteiger partial charge in [0.1, 0.15) is 0 Å². The number of nitrogens with two attached hydrogens (primary N) is 1. The Balaban J connectivity index is 2.14. The maximum absolute atomic E-state index is 12.8. The normalized spacial score (nSPS) is 16.6. The molecule has 0 radical (unpaired) electrons. The zero-order valence-corrected chi connectivity index (χ0v) is 14.2. The van der Waals surface area contributed by atoms with Crippen LogP contribution in [0, 0.1) is 5.92 Å². The van der Waals surface area contributed by atoms with Crippen LogP contribution in [0.4, 0.5) is 0 Å². The summed E-state index contributed by atoms with van der Waals surface area (Å²) in [4.78, 5) is 25.8. The number of rotatable bonds is 3. The Bertz CT molecular complexity index is 594. The van der Waals surface area contributed by atoms with E-state index in [-0.39, 0.29) is 17.7 Å². The zero-order valence-electron chi connectivity index (χ0n) is 12.7. The highest BCUT2D eigenvalue weighted by Crippen LogP contribution is 2.32. The fourth-order valence-electron chi connectivity index (χ4n) is 2.77. The number of carbonyl (C=O) groups excluding carboxylic acids is 2. The number of benzene rings is 1. The SMILES string of the molecule is CC(C)(C(=O)N1CCC(C(N)=O)CC1)c1ccc(Cl)c(Cl)c1. The molecule has 1 heterocycles. The first kappa shape index (κ1) is 17.1. The maximum Gasteiger partial charge on any atom is 0.232 e. The fourth-order valence-corrected chi connectivity index (χ4v) is 3.07. The van der Waals surface area contributed by atoms with Crippen LogP contribution < -0.4 is 5.73 Å². The molecular formula is C16H20Cl2N2O2. The monoisotopic (exact) mass is 342 g/mol. The number of halogens is 2. The molecular weight excluding hydrogens is 323 g/mol. The van der Waals surface area contributed by atoms with Crippen LogP contribution in [0.1, 0.15) is 32.3 Å². The van der Waals surface area contributed by atoms with Gasteiger partial charge in [-0.25, -0.2) is 0 Å². The quantitative estimate of drug-likeness (QED) is 0.917. The lowest BCUT2D eigenvalue weighted by molar-refractivity contribution is -0.139. The summed E-state index contributed by atoms with van der Waals surface area (Å²) in [6.45, 7) is 4.85. The molecule has 1 aliphatic heterocycles. The van der Waals surface area contributed by atoms with Crippen molar-refractivity contribution in [2.75, 3.05) is 13.1 Å². The summed E-state index contributed by atoms with van der Waals surface area (Å²) < 4.78 is 0. The van der Waals surface area contributed by atoms with Crippen molar-refractivity contribution < 1.29 is 9.59 Å². The molecule has 120 valence electrons.